The van der Waals surface area contributed by atoms with Crippen molar-refractivity contribution in [3.63, 3.8) is 0 Å². The largest absolute Gasteiger partial charge is 0.436 e. The lowest BCUT2D eigenvalue weighted by Gasteiger charge is -2.15. The molecular weight excluding hydrogens is 471 g/mol. The Hall–Kier alpha value is -2.34. The highest BCUT2D eigenvalue weighted by Crippen LogP contribution is 2.35. The first-order valence-corrected chi connectivity index (χ1v) is 9.61. The smallest absolute Gasteiger partial charge is 0.370 e. The predicted octanol–water partition coefficient (Wildman–Crippen LogP) is 5.10. The third-order valence-electron chi connectivity index (χ3n) is 4.31. The molecule has 0 radical (unpaired) electrons. The molecule has 0 aliphatic rings. The van der Waals surface area contributed by atoms with Crippen LogP contribution in [-0.4, -0.2) is 41.2 Å². The number of benzene rings is 1. The number of amides is 1. The number of nitrogens with zero attached hydrogens (tertiary/aromatic N) is 2. The summed E-state index contributed by atoms with van der Waals surface area (Å²) in [5.41, 5.74) is -0.532. The van der Waals surface area contributed by atoms with E-state index < -0.39 is 48.4 Å². The van der Waals surface area contributed by atoms with E-state index in [9.17, 15) is 35.5 Å². The molecule has 1 aromatic heterocycles. The van der Waals surface area contributed by atoms with Gasteiger partial charge in [-0.05, 0) is 31.0 Å². The van der Waals surface area contributed by atoms with E-state index in [1.807, 2.05) is 0 Å². The van der Waals surface area contributed by atoms with Crippen LogP contribution in [0.1, 0.15) is 33.7 Å². The van der Waals surface area contributed by atoms with Gasteiger partial charge >= 0.3 is 18.5 Å². The number of rotatable bonds is 10. The van der Waals surface area contributed by atoms with E-state index in [4.69, 9.17) is 11.6 Å². The lowest BCUT2D eigenvalue weighted by atomic mass is 10.1. The van der Waals surface area contributed by atoms with Crippen molar-refractivity contribution in [1.82, 2.24) is 15.1 Å². The van der Waals surface area contributed by atoms with Crippen molar-refractivity contribution >= 4 is 17.5 Å². The van der Waals surface area contributed by atoms with Gasteiger partial charge < -0.3 is 10.1 Å². The van der Waals surface area contributed by atoms with Gasteiger partial charge in [0.2, 0.25) is 0 Å². The maximum absolute atomic E-state index is 12.9. The second kappa shape index (κ2) is 10.5. The van der Waals surface area contributed by atoms with E-state index in [2.05, 4.69) is 15.2 Å². The zero-order valence-electron chi connectivity index (χ0n) is 16.7. The number of ether oxygens (including phenoxy) is 1. The quantitative estimate of drug-likeness (QED) is 0.373. The van der Waals surface area contributed by atoms with Gasteiger partial charge in [0, 0.05) is 18.7 Å². The summed E-state index contributed by atoms with van der Waals surface area (Å²) in [5.74, 6) is -4.79. The van der Waals surface area contributed by atoms with Crippen LogP contribution in [-0.2, 0) is 24.1 Å². The molecule has 0 saturated heterocycles. The van der Waals surface area contributed by atoms with E-state index in [0.717, 1.165) is 4.68 Å². The summed E-state index contributed by atoms with van der Waals surface area (Å²) in [4.78, 5) is 12.2. The number of aromatic nitrogens is 2. The van der Waals surface area contributed by atoms with Crippen molar-refractivity contribution in [3.05, 3.63) is 51.8 Å². The lowest BCUT2D eigenvalue weighted by molar-refractivity contribution is -0.168. The third kappa shape index (κ3) is 6.83. The predicted molar refractivity (Wildman–Crippen MR) is 101 cm³/mol. The molecule has 178 valence electrons. The Balaban J connectivity index is 1.85. The van der Waals surface area contributed by atoms with Gasteiger partial charge in [0.25, 0.3) is 5.91 Å². The summed E-state index contributed by atoms with van der Waals surface area (Å²) in [6, 6.07) is 5.73. The van der Waals surface area contributed by atoms with Gasteiger partial charge in [0.15, 0.2) is 5.69 Å². The zero-order chi connectivity index (χ0) is 24.1. The van der Waals surface area contributed by atoms with Crippen molar-refractivity contribution in [2.75, 3.05) is 13.2 Å². The van der Waals surface area contributed by atoms with Gasteiger partial charge in [0.05, 0.1) is 17.3 Å². The van der Waals surface area contributed by atoms with Gasteiger partial charge in [-0.25, -0.2) is 8.78 Å². The summed E-state index contributed by atoms with van der Waals surface area (Å²) in [7, 11) is 0. The fraction of sp³-hybridized carbons (Fsp3) is 0.474. The standard InChI is InChI=1S/C19H19ClF7N3O2/c1-11-14(20)15(19(25,26)27)29-30(11)7-3-6-28-16(31)13-5-2-4-12(8-13)9-32-10-18(23,24)17(21)22/h2,4-5,8,17H,3,6-7,9-10H2,1H3,(H,28,31). The summed E-state index contributed by atoms with van der Waals surface area (Å²) < 4.78 is 94.1. The van der Waals surface area contributed by atoms with Gasteiger partial charge in [-0.15, -0.1) is 0 Å². The maximum atomic E-state index is 12.9. The van der Waals surface area contributed by atoms with Crippen LogP contribution in [0.4, 0.5) is 30.7 Å². The van der Waals surface area contributed by atoms with Gasteiger partial charge in [-0.3, -0.25) is 9.48 Å². The number of halogens is 8. The van der Waals surface area contributed by atoms with E-state index in [1.165, 1.54) is 31.2 Å². The zero-order valence-corrected chi connectivity index (χ0v) is 17.4. The molecule has 0 aliphatic heterocycles. The number of carbonyl (C=O) groups is 1. The lowest BCUT2D eigenvalue weighted by Crippen LogP contribution is -2.32. The van der Waals surface area contributed by atoms with E-state index in [-0.39, 0.29) is 30.8 Å². The fourth-order valence-corrected chi connectivity index (χ4v) is 2.87. The molecule has 2 rings (SSSR count). The van der Waals surface area contributed by atoms with Gasteiger partial charge in [-0.1, -0.05) is 23.7 Å². The first kappa shape index (κ1) is 25.9. The Kier molecular flexibility index (Phi) is 8.52. The molecule has 0 spiro atoms. The van der Waals surface area contributed by atoms with Crippen molar-refractivity contribution in [2.45, 2.75) is 45.0 Å². The number of nitrogens with one attached hydrogen (secondary N) is 1. The van der Waals surface area contributed by atoms with E-state index in [1.54, 1.807) is 0 Å². The van der Waals surface area contributed by atoms with Crippen LogP contribution in [0.15, 0.2) is 24.3 Å². The first-order chi connectivity index (χ1) is 14.8. The number of alkyl halides is 7. The van der Waals surface area contributed by atoms with Crippen molar-refractivity contribution in [3.8, 4) is 0 Å². The second-order valence-corrected chi connectivity index (χ2v) is 7.21. The van der Waals surface area contributed by atoms with Crippen molar-refractivity contribution < 1.29 is 40.3 Å². The van der Waals surface area contributed by atoms with Crippen LogP contribution < -0.4 is 5.32 Å². The maximum Gasteiger partial charge on any atom is 0.436 e. The van der Waals surface area contributed by atoms with Crippen LogP contribution in [0.2, 0.25) is 5.02 Å². The monoisotopic (exact) mass is 489 g/mol. The Morgan fingerprint density at radius 1 is 1.25 bits per heavy atom. The van der Waals surface area contributed by atoms with Crippen LogP contribution in [0, 0.1) is 6.92 Å². The molecule has 0 aliphatic carbocycles. The van der Waals surface area contributed by atoms with Crippen molar-refractivity contribution in [1.29, 1.82) is 0 Å². The summed E-state index contributed by atoms with van der Waals surface area (Å²) in [6.07, 6.45) is -8.26. The number of carbonyl (C=O) groups excluding carboxylic acids is 1. The Labute approximate surface area is 183 Å². The molecule has 2 aromatic rings. The molecule has 32 heavy (non-hydrogen) atoms. The average Bonchev–Trinajstić information content (AvgIpc) is 2.99. The van der Waals surface area contributed by atoms with Crippen molar-refractivity contribution in [2.24, 2.45) is 0 Å². The van der Waals surface area contributed by atoms with Crippen LogP contribution in [0.25, 0.3) is 0 Å². The highest BCUT2D eigenvalue weighted by Gasteiger charge is 2.41. The molecule has 0 fully saturated rings. The van der Waals surface area contributed by atoms with Gasteiger partial charge in [0.1, 0.15) is 6.61 Å². The van der Waals surface area contributed by atoms with Gasteiger partial charge in [-0.2, -0.15) is 27.1 Å². The first-order valence-electron chi connectivity index (χ1n) is 9.24. The third-order valence-corrected chi connectivity index (χ3v) is 4.76. The Bertz CT molecular complexity index is 932. The van der Waals surface area contributed by atoms with Crippen LogP contribution in [0.3, 0.4) is 0 Å². The molecule has 0 unspecified atom stereocenters. The normalized spacial score (nSPS) is 12.4. The number of aryl methyl sites for hydroxylation is 1. The SMILES string of the molecule is Cc1c(Cl)c(C(F)(F)F)nn1CCCNC(=O)c1cccc(COCC(F)(F)C(F)F)c1. The minimum atomic E-state index is -4.68. The summed E-state index contributed by atoms with van der Waals surface area (Å²) in [5, 5.41) is 5.54. The summed E-state index contributed by atoms with van der Waals surface area (Å²) >= 11 is 5.67. The molecule has 0 atom stereocenters. The molecule has 5 nitrogen and oxygen atoms in total. The molecule has 0 saturated carbocycles. The Morgan fingerprint density at radius 2 is 1.94 bits per heavy atom. The Morgan fingerprint density at radius 3 is 2.53 bits per heavy atom. The summed E-state index contributed by atoms with van der Waals surface area (Å²) in [6.45, 7) is -0.279. The molecule has 0 bridgehead atoms. The molecule has 13 heteroatoms. The van der Waals surface area contributed by atoms with E-state index >= 15 is 0 Å². The minimum Gasteiger partial charge on any atom is -0.370 e. The highest BCUT2D eigenvalue weighted by molar-refractivity contribution is 6.31. The number of hydrogen-bond acceptors (Lipinski definition) is 3. The molecule has 1 aromatic carbocycles. The topological polar surface area (TPSA) is 56.2 Å². The molecule has 1 N–H and O–H groups in total. The molecular formula is C19H19ClF7N3O2. The van der Waals surface area contributed by atoms with Crippen LogP contribution in [0.5, 0.6) is 0 Å². The van der Waals surface area contributed by atoms with E-state index in [0.29, 0.717) is 5.56 Å². The average molecular weight is 490 g/mol. The fourth-order valence-electron chi connectivity index (χ4n) is 2.63. The minimum absolute atomic E-state index is 0.0775. The molecule has 1 heterocycles. The second-order valence-electron chi connectivity index (χ2n) is 6.83. The van der Waals surface area contributed by atoms with Crippen LogP contribution >= 0.6 is 11.6 Å². The number of hydrogen-bond donors (Lipinski definition) is 1. The highest BCUT2D eigenvalue weighted by atomic mass is 35.5. The molecule has 1 amide bonds.